The Morgan fingerprint density at radius 3 is 2.20 bits per heavy atom. The van der Waals surface area contributed by atoms with E-state index in [1.807, 2.05) is 6.92 Å². The average molecular weight is 228 g/mol. The number of hydrogen-bond donors (Lipinski definition) is 0. The molecule has 0 saturated heterocycles. The van der Waals surface area contributed by atoms with E-state index in [1.165, 1.54) is 0 Å². The van der Waals surface area contributed by atoms with Crippen molar-refractivity contribution >= 4 is 9.84 Å². The predicted octanol–water partition coefficient (Wildman–Crippen LogP) is 2.27. The fourth-order valence-electron chi connectivity index (χ4n) is 1.13. The molecule has 0 radical (unpaired) electrons. The second-order valence-corrected chi connectivity index (χ2v) is 5.50. The quantitative estimate of drug-likeness (QED) is 0.776. The molecule has 0 bridgehead atoms. The summed E-state index contributed by atoms with van der Waals surface area (Å²) in [5.74, 6) is 0.842. The zero-order valence-electron chi connectivity index (χ0n) is 9.06. The Hall–Kier alpha value is -1.03. The summed E-state index contributed by atoms with van der Waals surface area (Å²) >= 11 is 0. The van der Waals surface area contributed by atoms with Crippen LogP contribution in [0.5, 0.6) is 5.75 Å². The lowest BCUT2D eigenvalue weighted by molar-refractivity contribution is 0.317. The molecule has 1 aromatic carbocycles. The first-order valence-electron chi connectivity index (χ1n) is 5.05. The Morgan fingerprint density at radius 2 is 1.73 bits per heavy atom. The summed E-state index contributed by atoms with van der Waals surface area (Å²) in [4.78, 5) is 0.355. The molecule has 0 fully saturated rings. The van der Waals surface area contributed by atoms with Gasteiger partial charge in [-0.15, -0.1) is 0 Å². The van der Waals surface area contributed by atoms with Gasteiger partial charge in [0, 0.05) is 0 Å². The molecule has 0 atom stereocenters. The van der Waals surface area contributed by atoms with Crippen LogP contribution in [0.25, 0.3) is 0 Å². The molecule has 0 aliphatic carbocycles. The molecule has 0 saturated carbocycles. The van der Waals surface area contributed by atoms with Gasteiger partial charge >= 0.3 is 0 Å². The monoisotopic (exact) mass is 228 g/mol. The van der Waals surface area contributed by atoms with Crippen LogP contribution in [-0.2, 0) is 9.84 Å². The highest BCUT2D eigenvalue weighted by atomic mass is 32.2. The topological polar surface area (TPSA) is 43.4 Å². The lowest BCUT2D eigenvalue weighted by atomic mass is 10.3. The number of ether oxygens (including phenoxy) is 1. The van der Waals surface area contributed by atoms with Crippen LogP contribution in [0.1, 0.15) is 20.3 Å². The molecule has 0 spiro atoms. The molecule has 1 aromatic rings. The van der Waals surface area contributed by atoms with Crippen LogP contribution >= 0.6 is 0 Å². The van der Waals surface area contributed by atoms with Gasteiger partial charge < -0.3 is 4.74 Å². The van der Waals surface area contributed by atoms with Gasteiger partial charge in [0.1, 0.15) is 5.75 Å². The number of hydrogen-bond acceptors (Lipinski definition) is 3. The average Bonchev–Trinajstić information content (AvgIpc) is 2.27. The van der Waals surface area contributed by atoms with E-state index in [-0.39, 0.29) is 5.75 Å². The van der Waals surface area contributed by atoms with Gasteiger partial charge in [-0.25, -0.2) is 8.42 Å². The fourth-order valence-corrected chi connectivity index (χ4v) is 2.01. The maximum absolute atomic E-state index is 11.5. The summed E-state index contributed by atoms with van der Waals surface area (Å²) in [6, 6.07) is 6.56. The van der Waals surface area contributed by atoms with Crippen molar-refractivity contribution in [2.45, 2.75) is 25.2 Å². The Morgan fingerprint density at radius 1 is 1.13 bits per heavy atom. The molecule has 4 heteroatoms. The van der Waals surface area contributed by atoms with Crippen LogP contribution in [0.2, 0.25) is 0 Å². The van der Waals surface area contributed by atoms with E-state index in [1.54, 1.807) is 31.2 Å². The van der Waals surface area contributed by atoms with Crippen molar-refractivity contribution in [3.63, 3.8) is 0 Å². The summed E-state index contributed by atoms with van der Waals surface area (Å²) in [7, 11) is -3.09. The molecule has 3 nitrogen and oxygen atoms in total. The Bertz CT molecular complexity index is 392. The maximum atomic E-state index is 11.5. The largest absolute Gasteiger partial charge is 0.494 e. The maximum Gasteiger partial charge on any atom is 0.178 e. The summed E-state index contributed by atoms with van der Waals surface area (Å²) in [5, 5.41) is 0. The molecule has 1 rings (SSSR count). The lowest BCUT2D eigenvalue weighted by Gasteiger charge is -2.05. The van der Waals surface area contributed by atoms with Gasteiger partial charge in [-0.2, -0.15) is 0 Å². The first-order chi connectivity index (χ1) is 7.10. The van der Waals surface area contributed by atoms with Crippen molar-refractivity contribution < 1.29 is 13.2 Å². The summed E-state index contributed by atoms with van der Waals surface area (Å²) < 4.78 is 28.3. The van der Waals surface area contributed by atoms with Crippen molar-refractivity contribution in [2.75, 3.05) is 12.4 Å². The molecule has 0 aliphatic heterocycles. The Kier molecular flexibility index (Phi) is 4.15. The van der Waals surface area contributed by atoms with Gasteiger partial charge in [-0.1, -0.05) is 13.8 Å². The van der Waals surface area contributed by atoms with Gasteiger partial charge in [-0.05, 0) is 30.7 Å². The van der Waals surface area contributed by atoms with E-state index in [4.69, 9.17) is 4.74 Å². The third kappa shape index (κ3) is 3.23. The minimum Gasteiger partial charge on any atom is -0.494 e. The molecule has 0 aliphatic rings. The van der Waals surface area contributed by atoms with Crippen LogP contribution in [0.4, 0.5) is 0 Å². The molecule has 0 heterocycles. The predicted molar refractivity (Wildman–Crippen MR) is 60.0 cm³/mol. The molecule has 0 amide bonds. The van der Waals surface area contributed by atoms with E-state index >= 15 is 0 Å². The van der Waals surface area contributed by atoms with Gasteiger partial charge in [0.05, 0.1) is 17.3 Å². The molecule has 15 heavy (non-hydrogen) atoms. The first-order valence-corrected chi connectivity index (χ1v) is 6.71. The van der Waals surface area contributed by atoms with Gasteiger partial charge in [0.15, 0.2) is 9.84 Å². The van der Waals surface area contributed by atoms with Crippen LogP contribution in [0.15, 0.2) is 29.2 Å². The van der Waals surface area contributed by atoms with Gasteiger partial charge in [0.2, 0.25) is 0 Å². The van der Waals surface area contributed by atoms with Gasteiger partial charge in [0.25, 0.3) is 0 Å². The second kappa shape index (κ2) is 5.16. The van der Waals surface area contributed by atoms with Crippen LogP contribution < -0.4 is 4.74 Å². The second-order valence-electron chi connectivity index (χ2n) is 3.22. The highest BCUT2D eigenvalue weighted by Crippen LogP contribution is 2.16. The minimum absolute atomic E-state index is 0.127. The van der Waals surface area contributed by atoms with Crippen LogP contribution in [-0.4, -0.2) is 20.8 Å². The molecule has 84 valence electrons. The van der Waals surface area contributed by atoms with Crippen molar-refractivity contribution in [1.29, 1.82) is 0 Å². The highest BCUT2D eigenvalue weighted by molar-refractivity contribution is 7.91. The van der Waals surface area contributed by atoms with Crippen molar-refractivity contribution in [3.05, 3.63) is 24.3 Å². The smallest absolute Gasteiger partial charge is 0.178 e. The molecule has 0 N–H and O–H groups in total. The summed E-state index contributed by atoms with van der Waals surface area (Å²) in [5.41, 5.74) is 0. The van der Waals surface area contributed by atoms with E-state index in [0.717, 1.165) is 6.42 Å². The number of benzene rings is 1. The first kappa shape index (κ1) is 12.0. The standard InChI is InChI=1S/C11H16O3S/c1-3-9-14-10-5-7-11(8-6-10)15(12,13)4-2/h5-8H,3-4,9H2,1-2H3. The number of rotatable bonds is 5. The summed E-state index contributed by atoms with van der Waals surface area (Å²) in [6.07, 6.45) is 0.939. The van der Waals surface area contributed by atoms with Crippen molar-refractivity contribution in [3.8, 4) is 5.75 Å². The molecule has 0 unspecified atom stereocenters. The lowest BCUT2D eigenvalue weighted by Crippen LogP contribution is -2.03. The summed E-state index contributed by atoms with van der Waals surface area (Å²) in [6.45, 7) is 4.31. The Labute approximate surface area is 91.0 Å². The highest BCUT2D eigenvalue weighted by Gasteiger charge is 2.10. The van der Waals surface area contributed by atoms with E-state index in [0.29, 0.717) is 17.3 Å². The zero-order valence-corrected chi connectivity index (χ0v) is 9.88. The molecular formula is C11H16O3S. The van der Waals surface area contributed by atoms with E-state index < -0.39 is 9.84 Å². The number of sulfone groups is 1. The third-order valence-electron chi connectivity index (χ3n) is 2.04. The van der Waals surface area contributed by atoms with Crippen LogP contribution in [0.3, 0.4) is 0 Å². The molecular weight excluding hydrogens is 212 g/mol. The van der Waals surface area contributed by atoms with Crippen molar-refractivity contribution in [2.24, 2.45) is 0 Å². The zero-order chi connectivity index (χ0) is 11.3. The van der Waals surface area contributed by atoms with Crippen molar-refractivity contribution in [1.82, 2.24) is 0 Å². The van der Waals surface area contributed by atoms with Crippen LogP contribution in [0, 0.1) is 0 Å². The minimum atomic E-state index is -3.09. The van der Waals surface area contributed by atoms with E-state index in [2.05, 4.69) is 0 Å². The normalized spacial score (nSPS) is 11.3. The van der Waals surface area contributed by atoms with E-state index in [9.17, 15) is 8.42 Å². The van der Waals surface area contributed by atoms with Gasteiger partial charge in [-0.3, -0.25) is 0 Å². The SMILES string of the molecule is CCCOc1ccc(S(=O)(=O)CC)cc1. The fraction of sp³-hybridized carbons (Fsp3) is 0.455. The Balaban J connectivity index is 2.81. The molecule has 0 aromatic heterocycles. The third-order valence-corrected chi connectivity index (χ3v) is 3.79.